The van der Waals surface area contributed by atoms with E-state index in [-0.39, 0.29) is 17.9 Å². The van der Waals surface area contributed by atoms with Gasteiger partial charge < -0.3 is 25.0 Å². The van der Waals surface area contributed by atoms with Crippen LogP contribution in [0.2, 0.25) is 0 Å². The molecular formula is C32H47N3O5. The van der Waals surface area contributed by atoms with Crippen molar-refractivity contribution in [2.75, 3.05) is 12.4 Å². The average molecular weight is 554 g/mol. The van der Waals surface area contributed by atoms with Crippen LogP contribution in [0.1, 0.15) is 84.0 Å². The van der Waals surface area contributed by atoms with Gasteiger partial charge in [0, 0.05) is 11.7 Å². The molecule has 0 saturated carbocycles. The second-order valence-corrected chi connectivity index (χ2v) is 11.9. The summed E-state index contributed by atoms with van der Waals surface area (Å²) in [5.74, 6) is 0.382. The largest absolute Gasteiger partial charge is 0.497 e. The topological polar surface area (TPSA) is 97.0 Å². The van der Waals surface area contributed by atoms with E-state index in [9.17, 15) is 14.4 Å². The van der Waals surface area contributed by atoms with E-state index in [2.05, 4.69) is 24.5 Å². The highest BCUT2D eigenvalue weighted by Crippen LogP contribution is 2.30. The first-order chi connectivity index (χ1) is 18.6. The molecule has 8 heteroatoms. The molecule has 2 aromatic rings. The Bertz CT molecular complexity index is 1150. The molecule has 0 aliphatic rings. The molecule has 0 aliphatic carbocycles. The van der Waals surface area contributed by atoms with E-state index in [1.165, 1.54) is 0 Å². The lowest BCUT2D eigenvalue weighted by atomic mass is 9.95. The summed E-state index contributed by atoms with van der Waals surface area (Å²) >= 11 is 0. The van der Waals surface area contributed by atoms with Crippen molar-refractivity contribution in [2.45, 2.75) is 98.9 Å². The van der Waals surface area contributed by atoms with Crippen LogP contribution in [-0.2, 0) is 14.3 Å². The highest BCUT2D eigenvalue weighted by atomic mass is 16.6. The Morgan fingerprint density at radius 3 is 2.05 bits per heavy atom. The van der Waals surface area contributed by atoms with Gasteiger partial charge in [-0.1, -0.05) is 32.0 Å². The Balaban J connectivity index is 2.54. The van der Waals surface area contributed by atoms with E-state index in [4.69, 9.17) is 9.47 Å². The summed E-state index contributed by atoms with van der Waals surface area (Å²) in [5, 5.41) is 5.66. The van der Waals surface area contributed by atoms with Gasteiger partial charge in [-0.15, -0.1) is 0 Å². The van der Waals surface area contributed by atoms with Gasteiger partial charge in [0.25, 0.3) is 5.91 Å². The van der Waals surface area contributed by atoms with Gasteiger partial charge in [-0.05, 0) is 108 Å². The number of carbonyl (C=O) groups is 3. The maximum Gasteiger partial charge on any atom is 0.408 e. The minimum absolute atomic E-state index is 0.286. The Hall–Kier alpha value is -3.55. The summed E-state index contributed by atoms with van der Waals surface area (Å²) in [5.41, 5.74) is 2.67. The van der Waals surface area contributed by atoms with Gasteiger partial charge in [-0.3, -0.25) is 9.59 Å². The quantitative estimate of drug-likeness (QED) is 0.329. The molecule has 0 aliphatic heterocycles. The number of nitrogens with one attached hydrogen (secondary N) is 2. The van der Waals surface area contributed by atoms with E-state index >= 15 is 0 Å². The Labute approximate surface area is 239 Å². The van der Waals surface area contributed by atoms with Crippen molar-refractivity contribution >= 4 is 23.6 Å². The first-order valence-electron chi connectivity index (χ1n) is 14.0. The van der Waals surface area contributed by atoms with Crippen molar-refractivity contribution in [3.8, 4) is 5.75 Å². The number of benzene rings is 2. The van der Waals surface area contributed by atoms with E-state index in [0.29, 0.717) is 29.3 Å². The van der Waals surface area contributed by atoms with Crippen LogP contribution in [0.25, 0.3) is 0 Å². The van der Waals surface area contributed by atoms with Crippen molar-refractivity contribution in [1.29, 1.82) is 0 Å². The summed E-state index contributed by atoms with van der Waals surface area (Å²) in [7, 11) is 1.58. The first-order valence-corrected chi connectivity index (χ1v) is 14.0. The predicted molar refractivity (Wildman–Crippen MR) is 159 cm³/mol. The number of alkyl carbamates (subject to hydrolysis) is 1. The van der Waals surface area contributed by atoms with Crippen molar-refractivity contribution in [1.82, 2.24) is 10.2 Å². The SMILES string of the molecule is COc1ccc(NC(=O)C(c2ccc(C)c(C)c2)N(C(=O)C(C)NC(=O)OC(C)(C)C)C(C)CCC(C)C)cc1. The molecule has 8 nitrogen and oxygen atoms in total. The molecule has 3 atom stereocenters. The van der Waals surface area contributed by atoms with Crippen molar-refractivity contribution < 1.29 is 23.9 Å². The Morgan fingerprint density at radius 1 is 0.900 bits per heavy atom. The van der Waals surface area contributed by atoms with Crippen LogP contribution in [0.15, 0.2) is 42.5 Å². The first kappa shape index (κ1) is 32.7. The van der Waals surface area contributed by atoms with E-state index < -0.39 is 23.8 Å². The van der Waals surface area contributed by atoms with Crippen LogP contribution in [0.5, 0.6) is 5.75 Å². The monoisotopic (exact) mass is 553 g/mol. The number of methoxy groups -OCH3 is 1. The third-order valence-corrected chi connectivity index (χ3v) is 6.73. The number of hydrogen-bond acceptors (Lipinski definition) is 5. The molecule has 2 aromatic carbocycles. The molecule has 0 heterocycles. The molecule has 0 fully saturated rings. The second kappa shape index (κ2) is 14.2. The molecule has 0 spiro atoms. The van der Waals surface area contributed by atoms with Crippen LogP contribution in [0.4, 0.5) is 10.5 Å². The molecule has 40 heavy (non-hydrogen) atoms. The molecular weight excluding hydrogens is 506 g/mol. The summed E-state index contributed by atoms with van der Waals surface area (Å²) in [6.45, 7) is 17.1. The summed E-state index contributed by atoms with van der Waals surface area (Å²) in [6.07, 6.45) is 0.881. The lowest BCUT2D eigenvalue weighted by molar-refractivity contribution is -0.143. The Morgan fingerprint density at radius 2 is 1.52 bits per heavy atom. The van der Waals surface area contributed by atoms with Gasteiger partial charge in [0.15, 0.2) is 0 Å². The number of amides is 3. The van der Waals surface area contributed by atoms with Crippen LogP contribution < -0.4 is 15.4 Å². The number of rotatable bonds is 11. The van der Waals surface area contributed by atoms with Gasteiger partial charge in [0.1, 0.15) is 23.4 Å². The molecule has 3 amide bonds. The minimum Gasteiger partial charge on any atom is -0.497 e. The number of aryl methyl sites for hydroxylation is 2. The number of hydrogen-bond donors (Lipinski definition) is 2. The summed E-state index contributed by atoms with van der Waals surface area (Å²) in [4.78, 5) is 42.3. The summed E-state index contributed by atoms with van der Waals surface area (Å²) < 4.78 is 10.6. The van der Waals surface area contributed by atoms with E-state index in [0.717, 1.165) is 17.5 Å². The highest BCUT2D eigenvalue weighted by Gasteiger charge is 2.37. The van der Waals surface area contributed by atoms with Gasteiger partial charge in [-0.25, -0.2) is 4.79 Å². The zero-order chi connectivity index (χ0) is 30.2. The molecule has 0 saturated heterocycles. The smallest absolute Gasteiger partial charge is 0.408 e. The molecule has 2 rings (SSSR count). The molecule has 0 aromatic heterocycles. The van der Waals surface area contributed by atoms with Crippen molar-refractivity contribution in [2.24, 2.45) is 5.92 Å². The number of carbonyl (C=O) groups excluding carboxylic acids is 3. The number of anilines is 1. The van der Waals surface area contributed by atoms with E-state index in [1.54, 1.807) is 64.0 Å². The average Bonchev–Trinajstić information content (AvgIpc) is 2.86. The van der Waals surface area contributed by atoms with Gasteiger partial charge in [0.2, 0.25) is 5.91 Å². The fourth-order valence-corrected chi connectivity index (χ4v) is 4.34. The normalized spacial score (nSPS) is 13.7. The zero-order valence-electron chi connectivity index (χ0n) is 25.8. The predicted octanol–water partition coefficient (Wildman–Crippen LogP) is 6.56. The van der Waals surface area contributed by atoms with Gasteiger partial charge >= 0.3 is 6.09 Å². The molecule has 2 N–H and O–H groups in total. The van der Waals surface area contributed by atoms with Crippen LogP contribution in [-0.4, -0.2) is 47.6 Å². The maximum absolute atomic E-state index is 14.1. The number of ether oxygens (including phenoxy) is 2. The molecule has 220 valence electrons. The van der Waals surface area contributed by atoms with Crippen LogP contribution in [0.3, 0.4) is 0 Å². The summed E-state index contributed by atoms with van der Waals surface area (Å²) in [6, 6.07) is 10.7. The second-order valence-electron chi connectivity index (χ2n) is 11.9. The fraction of sp³-hybridized carbons (Fsp3) is 0.531. The van der Waals surface area contributed by atoms with Crippen molar-refractivity contribution in [3.63, 3.8) is 0 Å². The van der Waals surface area contributed by atoms with Crippen molar-refractivity contribution in [3.05, 3.63) is 59.2 Å². The van der Waals surface area contributed by atoms with Gasteiger partial charge in [-0.2, -0.15) is 0 Å². The van der Waals surface area contributed by atoms with Crippen LogP contribution >= 0.6 is 0 Å². The Kier molecular flexibility index (Phi) is 11.6. The molecule has 3 unspecified atom stereocenters. The zero-order valence-corrected chi connectivity index (χ0v) is 25.8. The standard InChI is InChI=1S/C32H47N3O5/c1-20(2)11-13-23(5)35(30(37)24(6)33-31(38)40-32(7,8)9)28(25-14-12-21(3)22(4)19-25)29(36)34-26-15-17-27(39-10)18-16-26/h12,14-20,23-24,28H,11,13H2,1-10H3,(H,33,38)(H,34,36). The van der Waals surface area contributed by atoms with E-state index in [1.807, 2.05) is 39.0 Å². The molecule has 0 bridgehead atoms. The fourth-order valence-electron chi connectivity index (χ4n) is 4.34. The number of nitrogens with zero attached hydrogens (tertiary/aromatic N) is 1. The maximum atomic E-state index is 14.1. The lowest BCUT2D eigenvalue weighted by Gasteiger charge is -2.38. The third-order valence-electron chi connectivity index (χ3n) is 6.73. The lowest BCUT2D eigenvalue weighted by Crippen LogP contribution is -2.54. The molecule has 0 radical (unpaired) electrons. The highest BCUT2D eigenvalue weighted by molar-refractivity contribution is 5.99. The van der Waals surface area contributed by atoms with Crippen LogP contribution in [0, 0.1) is 19.8 Å². The third kappa shape index (κ3) is 9.57. The minimum atomic E-state index is -0.932. The van der Waals surface area contributed by atoms with Gasteiger partial charge in [0.05, 0.1) is 7.11 Å².